The van der Waals surface area contributed by atoms with Gasteiger partial charge in [0.2, 0.25) is 5.91 Å². The minimum absolute atomic E-state index is 0.310. The summed E-state index contributed by atoms with van der Waals surface area (Å²) in [7, 11) is 0. The van der Waals surface area contributed by atoms with Crippen LogP contribution in [0.25, 0.3) is 0 Å². The van der Waals surface area contributed by atoms with Crippen molar-refractivity contribution in [2.75, 3.05) is 0 Å². The maximum absolute atomic E-state index is 12.1. The molecule has 5 atom stereocenters. The van der Waals surface area contributed by atoms with Gasteiger partial charge in [-0.2, -0.15) is 0 Å². The molecule has 1 amide bonds. The molecule has 1 aromatic rings. The highest BCUT2D eigenvalue weighted by molar-refractivity contribution is 5.89. The zero-order valence-electron chi connectivity index (χ0n) is 12.3. The van der Waals surface area contributed by atoms with E-state index in [9.17, 15) is 19.8 Å². The molecule has 7 nitrogen and oxygen atoms in total. The minimum Gasteiger partial charge on any atom is -0.453 e. The van der Waals surface area contributed by atoms with Gasteiger partial charge in [-0.15, -0.1) is 0 Å². The average molecular weight is 309 g/mol. The third kappa shape index (κ3) is 3.62. The van der Waals surface area contributed by atoms with Gasteiger partial charge in [-0.05, 0) is 19.1 Å². The fourth-order valence-corrected chi connectivity index (χ4v) is 2.32. The van der Waals surface area contributed by atoms with Crippen molar-refractivity contribution in [3.8, 4) is 0 Å². The predicted octanol–water partition coefficient (Wildman–Crippen LogP) is -0.185. The van der Waals surface area contributed by atoms with Crippen molar-refractivity contribution in [1.29, 1.82) is 0 Å². The van der Waals surface area contributed by atoms with Crippen LogP contribution < -0.4 is 5.32 Å². The first-order valence-electron chi connectivity index (χ1n) is 6.95. The SMILES string of the molecule is CC(=O)N[C@H]1C(O)O[C@H](C)[C@H](O)[C@@H]1OC(=O)c1ccccc1. The van der Waals surface area contributed by atoms with Crippen LogP contribution in [0, 0.1) is 0 Å². The van der Waals surface area contributed by atoms with Crippen LogP contribution in [0.2, 0.25) is 0 Å². The van der Waals surface area contributed by atoms with Crippen molar-refractivity contribution in [3.05, 3.63) is 35.9 Å². The summed E-state index contributed by atoms with van der Waals surface area (Å²) in [6.07, 6.45) is -4.41. The Morgan fingerprint density at radius 2 is 1.86 bits per heavy atom. The Balaban J connectivity index is 2.18. The number of nitrogens with one attached hydrogen (secondary N) is 1. The molecule has 1 aliphatic heterocycles. The predicted molar refractivity (Wildman–Crippen MR) is 75.8 cm³/mol. The van der Waals surface area contributed by atoms with Crippen LogP contribution in [0.5, 0.6) is 0 Å². The molecule has 1 saturated heterocycles. The number of carbonyl (C=O) groups excluding carboxylic acids is 2. The Kier molecular flexibility index (Phi) is 5.12. The van der Waals surface area contributed by atoms with E-state index in [4.69, 9.17) is 9.47 Å². The lowest BCUT2D eigenvalue weighted by Crippen LogP contribution is -2.63. The molecule has 0 bridgehead atoms. The summed E-state index contributed by atoms with van der Waals surface area (Å²) in [5.41, 5.74) is 0.310. The standard InChI is InChI=1S/C15H19NO6/c1-8-12(18)13(11(15(20)21-8)16-9(2)17)22-14(19)10-6-4-3-5-7-10/h3-8,11-13,15,18,20H,1-2H3,(H,16,17)/t8-,11-,12+,13-,15?/m1/s1. The summed E-state index contributed by atoms with van der Waals surface area (Å²) in [6.45, 7) is 2.80. The van der Waals surface area contributed by atoms with Crippen LogP contribution in [-0.2, 0) is 14.3 Å². The Labute approximate surface area is 127 Å². The van der Waals surface area contributed by atoms with Gasteiger partial charge in [-0.3, -0.25) is 4.79 Å². The Morgan fingerprint density at radius 1 is 1.23 bits per heavy atom. The number of aliphatic hydroxyl groups excluding tert-OH is 2. The summed E-state index contributed by atoms with van der Waals surface area (Å²) in [5, 5.41) is 22.5. The monoisotopic (exact) mass is 309 g/mol. The quantitative estimate of drug-likeness (QED) is 0.669. The van der Waals surface area contributed by atoms with Crippen LogP contribution in [0.15, 0.2) is 30.3 Å². The number of rotatable bonds is 3. The van der Waals surface area contributed by atoms with Crippen molar-refractivity contribution in [3.63, 3.8) is 0 Å². The molecule has 0 spiro atoms. The number of carbonyl (C=O) groups is 2. The highest BCUT2D eigenvalue weighted by Crippen LogP contribution is 2.23. The Morgan fingerprint density at radius 3 is 2.45 bits per heavy atom. The molecule has 120 valence electrons. The van der Waals surface area contributed by atoms with Gasteiger partial charge in [0.15, 0.2) is 12.4 Å². The number of aliphatic hydroxyl groups is 2. The molecule has 2 rings (SSSR count). The second kappa shape index (κ2) is 6.87. The van der Waals surface area contributed by atoms with E-state index in [1.54, 1.807) is 37.3 Å². The van der Waals surface area contributed by atoms with Crippen LogP contribution in [0.4, 0.5) is 0 Å². The number of ether oxygens (including phenoxy) is 2. The second-order valence-corrected chi connectivity index (χ2v) is 5.18. The molecule has 1 aromatic carbocycles. The van der Waals surface area contributed by atoms with Gasteiger partial charge in [0.1, 0.15) is 12.1 Å². The van der Waals surface area contributed by atoms with E-state index in [2.05, 4.69) is 5.32 Å². The number of amides is 1. The molecule has 0 aromatic heterocycles. The fraction of sp³-hybridized carbons (Fsp3) is 0.467. The first-order valence-corrected chi connectivity index (χ1v) is 6.95. The van der Waals surface area contributed by atoms with Gasteiger partial charge in [0.25, 0.3) is 0 Å². The number of benzene rings is 1. The number of hydrogen-bond donors (Lipinski definition) is 3. The molecular formula is C15H19NO6. The maximum Gasteiger partial charge on any atom is 0.338 e. The molecular weight excluding hydrogens is 290 g/mol. The summed E-state index contributed by atoms with van der Waals surface area (Å²) < 4.78 is 10.4. The highest BCUT2D eigenvalue weighted by atomic mass is 16.6. The van der Waals surface area contributed by atoms with E-state index in [0.29, 0.717) is 5.56 Å². The molecule has 0 saturated carbocycles. The molecule has 1 aliphatic rings. The van der Waals surface area contributed by atoms with E-state index in [-0.39, 0.29) is 0 Å². The molecule has 0 aliphatic carbocycles. The van der Waals surface area contributed by atoms with Gasteiger partial charge in [0.05, 0.1) is 11.7 Å². The second-order valence-electron chi connectivity index (χ2n) is 5.18. The Hall–Kier alpha value is -1.96. The third-order valence-electron chi connectivity index (χ3n) is 3.46. The minimum atomic E-state index is -1.38. The van der Waals surface area contributed by atoms with Crippen molar-refractivity contribution >= 4 is 11.9 Å². The van der Waals surface area contributed by atoms with Crippen molar-refractivity contribution in [2.24, 2.45) is 0 Å². The first kappa shape index (κ1) is 16.4. The fourth-order valence-electron chi connectivity index (χ4n) is 2.32. The molecule has 1 heterocycles. The largest absolute Gasteiger partial charge is 0.453 e. The maximum atomic E-state index is 12.1. The first-order chi connectivity index (χ1) is 10.4. The molecule has 7 heteroatoms. The van der Waals surface area contributed by atoms with E-state index in [1.807, 2.05) is 0 Å². The van der Waals surface area contributed by atoms with Gasteiger partial charge in [-0.1, -0.05) is 18.2 Å². The lowest BCUT2D eigenvalue weighted by Gasteiger charge is -2.41. The average Bonchev–Trinajstić information content (AvgIpc) is 2.48. The summed E-state index contributed by atoms with van der Waals surface area (Å²) in [5.74, 6) is -1.09. The lowest BCUT2D eigenvalue weighted by atomic mass is 9.97. The van der Waals surface area contributed by atoms with Crippen LogP contribution in [0.3, 0.4) is 0 Å². The Bertz CT molecular complexity index is 534. The summed E-state index contributed by atoms with van der Waals surface area (Å²) >= 11 is 0. The topological polar surface area (TPSA) is 105 Å². The van der Waals surface area contributed by atoms with E-state index >= 15 is 0 Å². The molecule has 1 unspecified atom stereocenters. The van der Waals surface area contributed by atoms with E-state index < -0.39 is 42.5 Å². The summed E-state index contributed by atoms with van der Waals surface area (Å²) in [6, 6.07) is 7.21. The van der Waals surface area contributed by atoms with Crippen LogP contribution >= 0.6 is 0 Å². The smallest absolute Gasteiger partial charge is 0.338 e. The lowest BCUT2D eigenvalue weighted by molar-refractivity contribution is -0.242. The van der Waals surface area contributed by atoms with Crippen molar-refractivity contribution in [1.82, 2.24) is 5.32 Å². The van der Waals surface area contributed by atoms with Gasteiger partial charge < -0.3 is 25.0 Å². The zero-order chi connectivity index (χ0) is 16.3. The highest BCUT2D eigenvalue weighted by Gasteiger charge is 2.45. The van der Waals surface area contributed by atoms with E-state index in [0.717, 1.165) is 0 Å². The number of hydrogen-bond acceptors (Lipinski definition) is 6. The van der Waals surface area contributed by atoms with Crippen LogP contribution in [0.1, 0.15) is 24.2 Å². The van der Waals surface area contributed by atoms with Gasteiger partial charge in [-0.25, -0.2) is 4.79 Å². The van der Waals surface area contributed by atoms with Crippen molar-refractivity contribution < 1.29 is 29.3 Å². The van der Waals surface area contributed by atoms with Gasteiger partial charge >= 0.3 is 5.97 Å². The van der Waals surface area contributed by atoms with E-state index in [1.165, 1.54) is 6.92 Å². The normalized spacial score (nSPS) is 31.4. The van der Waals surface area contributed by atoms with Crippen molar-refractivity contribution in [2.45, 2.75) is 44.5 Å². The number of esters is 1. The molecule has 1 fully saturated rings. The molecule has 3 N–H and O–H groups in total. The molecule has 0 radical (unpaired) electrons. The van der Waals surface area contributed by atoms with Crippen LogP contribution in [-0.4, -0.2) is 52.7 Å². The zero-order valence-corrected chi connectivity index (χ0v) is 12.3. The van der Waals surface area contributed by atoms with Gasteiger partial charge in [0, 0.05) is 6.92 Å². The molecule has 22 heavy (non-hydrogen) atoms. The third-order valence-corrected chi connectivity index (χ3v) is 3.46. The summed E-state index contributed by atoms with van der Waals surface area (Å²) in [4.78, 5) is 23.4.